The number of nitrogens with two attached hydrogens (primary N) is 1. The van der Waals surface area contributed by atoms with Gasteiger partial charge in [-0.2, -0.15) is 5.10 Å². The summed E-state index contributed by atoms with van der Waals surface area (Å²) in [7, 11) is 0. The van der Waals surface area contributed by atoms with Crippen LogP contribution in [0, 0.1) is 0 Å². The average molecular weight is 216 g/mol. The molecule has 1 aliphatic rings. The van der Waals surface area contributed by atoms with E-state index in [2.05, 4.69) is 10.1 Å². The molecule has 2 N–H and O–H groups in total. The largest absolute Gasteiger partial charge is 0.325 e. The molecule has 0 saturated heterocycles. The quantitative estimate of drug-likeness (QED) is 0.833. The van der Waals surface area contributed by atoms with Gasteiger partial charge in [-0.1, -0.05) is 18.9 Å². The highest BCUT2D eigenvalue weighted by Gasteiger charge is 2.21. The fourth-order valence-electron chi connectivity index (χ4n) is 2.49. The molecule has 4 heteroatoms. The zero-order chi connectivity index (χ0) is 11.0. The summed E-state index contributed by atoms with van der Waals surface area (Å²) in [6.45, 7) is 0.505. The van der Waals surface area contributed by atoms with Gasteiger partial charge in [-0.3, -0.25) is 0 Å². The Balaban J connectivity index is 2.07. The highest BCUT2D eigenvalue weighted by molar-refractivity contribution is 5.39. The smallest absolute Gasteiger partial charge is 0.155 e. The third-order valence-electron chi connectivity index (χ3n) is 3.38. The standard InChI is InChI=1S/C12H16N4/c13-8-10-6-3-7-11-14-12(15-16(10)11)9-4-1-2-5-9/h3,6-7,9H,1-2,4-5,8,13H2. The lowest BCUT2D eigenvalue weighted by Gasteiger charge is -2.01. The van der Waals surface area contributed by atoms with Crippen molar-refractivity contribution in [2.45, 2.75) is 38.1 Å². The molecule has 0 radical (unpaired) electrons. The zero-order valence-corrected chi connectivity index (χ0v) is 9.26. The van der Waals surface area contributed by atoms with Crippen molar-refractivity contribution < 1.29 is 0 Å². The van der Waals surface area contributed by atoms with Gasteiger partial charge in [0.1, 0.15) is 0 Å². The second-order valence-electron chi connectivity index (χ2n) is 4.44. The molecule has 0 spiro atoms. The minimum atomic E-state index is 0.505. The van der Waals surface area contributed by atoms with E-state index in [4.69, 9.17) is 5.73 Å². The van der Waals surface area contributed by atoms with Crippen LogP contribution < -0.4 is 5.73 Å². The number of hydrogen-bond acceptors (Lipinski definition) is 3. The van der Waals surface area contributed by atoms with Crippen molar-refractivity contribution in [2.24, 2.45) is 5.73 Å². The molecule has 84 valence electrons. The minimum Gasteiger partial charge on any atom is -0.325 e. The first-order valence-electron chi connectivity index (χ1n) is 5.93. The molecule has 0 atom stereocenters. The van der Waals surface area contributed by atoms with Gasteiger partial charge in [0.25, 0.3) is 0 Å². The molecule has 1 fully saturated rings. The Bertz CT molecular complexity index is 497. The Morgan fingerprint density at radius 1 is 1.31 bits per heavy atom. The molecule has 3 rings (SSSR count). The van der Waals surface area contributed by atoms with Crippen molar-refractivity contribution in [3.8, 4) is 0 Å². The van der Waals surface area contributed by atoms with Gasteiger partial charge in [-0.15, -0.1) is 0 Å². The van der Waals surface area contributed by atoms with Crippen LogP contribution in [0.3, 0.4) is 0 Å². The first-order chi connectivity index (χ1) is 7.88. The van der Waals surface area contributed by atoms with Crippen molar-refractivity contribution in [1.82, 2.24) is 14.6 Å². The van der Waals surface area contributed by atoms with E-state index in [1.54, 1.807) is 0 Å². The molecule has 2 aromatic rings. The van der Waals surface area contributed by atoms with Gasteiger partial charge in [0, 0.05) is 12.5 Å². The van der Waals surface area contributed by atoms with Crippen LogP contribution in [0.25, 0.3) is 5.65 Å². The van der Waals surface area contributed by atoms with Crippen LogP contribution in [0.1, 0.15) is 43.1 Å². The van der Waals surface area contributed by atoms with E-state index >= 15 is 0 Å². The Morgan fingerprint density at radius 3 is 2.88 bits per heavy atom. The van der Waals surface area contributed by atoms with E-state index in [1.807, 2.05) is 22.7 Å². The van der Waals surface area contributed by atoms with Crippen molar-refractivity contribution >= 4 is 5.65 Å². The summed E-state index contributed by atoms with van der Waals surface area (Å²) in [5, 5.41) is 4.59. The van der Waals surface area contributed by atoms with Crippen LogP contribution >= 0.6 is 0 Å². The molecule has 16 heavy (non-hydrogen) atoms. The molecule has 1 saturated carbocycles. The van der Waals surface area contributed by atoms with E-state index in [0.717, 1.165) is 17.2 Å². The van der Waals surface area contributed by atoms with Gasteiger partial charge in [0.2, 0.25) is 0 Å². The third kappa shape index (κ3) is 1.50. The van der Waals surface area contributed by atoms with E-state index < -0.39 is 0 Å². The van der Waals surface area contributed by atoms with Crippen molar-refractivity contribution in [2.75, 3.05) is 0 Å². The lowest BCUT2D eigenvalue weighted by molar-refractivity contribution is 0.661. The lowest BCUT2D eigenvalue weighted by Crippen LogP contribution is -2.05. The van der Waals surface area contributed by atoms with Crippen molar-refractivity contribution in [3.05, 3.63) is 29.7 Å². The molecular formula is C12H16N4. The van der Waals surface area contributed by atoms with Crippen LogP contribution in [-0.4, -0.2) is 14.6 Å². The number of fused-ring (bicyclic) bond motifs is 1. The van der Waals surface area contributed by atoms with Crippen LogP contribution in [0.4, 0.5) is 0 Å². The summed E-state index contributed by atoms with van der Waals surface area (Å²) in [5.41, 5.74) is 7.63. The fraction of sp³-hybridized carbons (Fsp3) is 0.500. The van der Waals surface area contributed by atoms with Gasteiger partial charge in [-0.05, 0) is 25.0 Å². The second-order valence-corrected chi connectivity index (χ2v) is 4.44. The average Bonchev–Trinajstić information content (AvgIpc) is 2.96. The molecule has 0 bridgehead atoms. The summed E-state index contributed by atoms with van der Waals surface area (Å²) in [4.78, 5) is 4.60. The summed E-state index contributed by atoms with van der Waals surface area (Å²) < 4.78 is 1.88. The Hall–Kier alpha value is -1.42. The molecule has 0 aliphatic heterocycles. The number of nitrogens with zero attached hydrogens (tertiary/aromatic N) is 3. The van der Waals surface area contributed by atoms with Crippen LogP contribution in [-0.2, 0) is 6.54 Å². The van der Waals surface area contributed by atoms with Crippen molar-refractivity contribution in [3.63, 3.8) is 0 Å². The summed E-state index contributed by atoms with van der Waals surface area (Å²) in [5.74, 6) is 1.56. The normalized spacial score (nSPS) is 17.3. The number of hydrogen-bond donors (Lipinski definition) is 1. The molecular weight excluding hydrogens is 200 g/mol. The predicted molar refractivity (Wildman–Crippen MR) is 62.1 cm³/mol. The SMILES string of the molecule is NCc1cccc2nc(C3CCCC3)nn12. The number of aromatic nitrogens is 3. The zero-order valence-electron chi connectivity index (χ0n) is 9.26. The molecule has 0 amide bonds. The molecule has 1 aliphatic carbocycles. The van der Waals surface area contributed by atoms with Crippen molar-refractivity contribution in [1.29, 1.82) is 0 Å². The van der Waals surface area contributed by atoms with Gasteiger partial charge in [-0.25, -0.2) is 9.50 Å². The Labute approximate surface area is 94.5 Å². The molecule has 0 unspecified atom stereocenters. The topological polar surface area (TPSA) is 56.2 Å². The van der Waals surface area contributed by atoms with E-state index in [0.29, 0.717) is 12.5 Å². The Kier molecular flexibility index (Phi) is 2.36. The minimum absolute atomic E-state index is 0.505. The highest BCUT2D eigenvalue weighted by atomic mass is 15.3. The maximum absolute atomic E-state index is 5.69. The summed E-state index contributed by atoms with van der Waals surface area (Å²) in [6, 6.07) is 5.98. The van der Waals surface area contributed by atoms with Crippen LogP contribution in [0.2, 0.25) is 0 Å². The highest BCUT2D eigenvalue weighted by Crippen LogP contribution is 2.32. The van der Waals surface area contributed by atoms with Crippen LogP contribution in [0.15, 0.2) is 18.2 Å². The van der Waals surface area contributed by atoms with Gasteiger partial charge >= 0.3 is 0 Å². The second kappa shape index (κ2) is 3.87. The predicted octanol–water partition coefficient (Wildman–Crippen LogP) is 1.85. The fourth-order valence-corrected chi connectivity index (χ4v) is 2.49. The summed E-state index contributed by atoms with van der Waals surface area (Å²) in [6.07, 6.45) is 5.08. The number of pyridine rings is 1. The number of rotatable bonds is 2. The summed E-state index contributed by atoms with van der Waals surface area (Å²) >= 11 is 0. The van der Waals surface area contributed by atoms with E-state index in [1.165, 1.54) is 25.7 Å². The first kappa shape index (κ1) is 9.78. The molecule has 2 aromatic heterocycles. The third-order valence-corrected chi connectivity index (χ3v) is 3.38. The molecule has 4 nitrogen and oxygen atoms in total. The van der Waals surface area contributed by atoms with Crippen LogP contribution in [0.5, 0.6) is 0 Å². The maximum Gasteiger partial charge on any atom is 0.155 e. The van der Waals surface area contributed by atoms with E-state index in [-0.39, 0.29) is 0 Å². The van der Waals surface area contributed by atoms with Gasteiger partial charge in [0.05, 0.1) is 5.69 Å². The monoisotopic (exact) mass is 216 g/mol. The Morgan fingerprint density at radius 2 is 2.12 bits per heavy atom. The maximum atomic E-state index is 5.69. The molecule has 2 heterocycles. The first-order valence-corrected chi connectivity index (χ1v) is 5.93. The lowest BCUT2D eigenvalue weighted by atomic mass is 10.1. The van der Waals surface area contributed by atoms with E-state index in [9.17, 15) is 0 Å². The van der Waals surface area contributed by atoms with Gasteiger partial charge < -0.3 is 5.73 Å². The van der Waals surface area contributed by atoms with Gasteiger partial charge in [0.15, 0.2) is 11.5 Å². The molecule has 0 aromatic carbocycles.